The highest BCUT2D eigenvalue weighted by molar-refractivity contribution is 5.39. The van der Waals surface area contributed by atoms with Crippen LogP contribution in [0.4, 0.5) is 5.82 Å². The van der Waals surface area contributed by atoms with Crippen molar-refractivity contribution in [3.63, 3.8) is 0 Å². The predicted molar refractivity (Wildman–Crippen MR) is 75.0 cm³/mol. The van der Waals surface area contributed by atoms with Crippen molar-refractivity contribution in [1.29, 1.82) is 0 Å². The molecule has 0 unspecified atom stereocenters. The van der Waals surface area contributed by atoms with Gasteiger partial charge in [0.05, 0.1) is 6.61 Å². The Balaban J connectivity index is 2.79. The first-order valence-electron chi connectivity index (χ1n) is 6.51. The van der Waals surface area contributed by atoms with E-state index in [1.807, 2.05) is 6.07 Å². The second kappa shape index (κ2) is 7.69. The number of anilines is 1. The fourth-order valence-corrected chi connectivity index (χ4v) is 1.40. The van der Waals surface area contributed by atoms with Gasteiger partial charge >= 0.3 is 0 Å². The number of aryl methyl sites for hydroxylation is 1. The van der Waals surface area contributed by atoms with E-state index in [0.717, 1.165) is 24.5 Å². The molecule has 0 atom stereocenters. The van der Waals surface area contributed by atoms with Crippen LogP contribution in [0.3, 0.4) is 0 Å². The Morgan fingerprint density at radius 3 is 2.83 bits per heavy atom. The van der Waals surface area contributed by atoms with Crippen molar-refractivity contribution in [3.8, 4) is 5.88 Å². The normalized spacial score (nSPS) is 10.4. The smallest absolute Gasteiger partial charge is 0.218 e. The van der Waals surface area contributed by atoms with E-state index in [1.54, 1.807) is 6.08 Å². The second-order valence-corrected chi connectivity index (χ2v) is 4.63. The van der Waals surface area contributed by atoms with Gasteiger partial charge in [0.25, 0.3) is 0 Å². The van der Waals surface area contributed by atoms with Gasteiger partial charge in [-0.2, -0.15) is 4.98 Å². The molecule has 1 heterocycles. The molecule has 0 aliphatic rings. The van der Waals surface area contributed by atoms with Crippen LogP contribution in [-0.4, -0.2) is 23.1 Å². The zero-order chi connectivity index (χ0) is 13.4. The monoisotopic (exact) mass is 249 g/mol. The first-order chi connectivity index (χ1) is 8.65. The summed E-state index contributed by atoms with van der Waals surface area (Å²) < 4.78 is 5.66. The molecule has 0 saturated heterocycles. The average Bonchev–Trinajstić information content (AvgIpc) is 2.34. The van der Waals surface area contributed by atoms with Crippen molar-refractivity contribution in [3.05, 3.63) is 24.5 Å². The van der Waals surface area contributed by atoms with Crippen LogP contribution in [-0.2, 0) is 6.42 Å². The molecular weight excluding hydrogens is 226 g/mol. The van der Waals surface area contributed by atoms with E-state index in [-0.39, 0.29) is 0 Å². The highest BCUT2D eigenvalue weighted by Gasteiger charge is 2.05. The Labute approximate surface area is 109 Å². The lowest BCUT2D eigenvalue weighted by Gasteiger charge is -2.11. The first kappa shape index (κ1) is 14.5. The summed E-state index contributed by atoms with van der Waals surface area (Å²) in [4.78, 5) is 8.84. The highest BCUT2D eigenvalue weighted by Crippen LogP contribution is 2.15. The number of nitrogens with zero attached hydrogens (tertiary/aromatic N) is 2. The van der Waals surface area contributed by atoms with E-state index in [0.29, 0.717) is 24.9 Å². The lowest BCUT2D eigenvalue weighted by molar-refractivity contribution is 0.260. The van der Waals surface area contributed by atoms with Crippen LogP contribution in [0.2, 0.25) is 0 Å². The molecule has 4 heteroatoms. The first-order valence-corrected chi connectivity index (χ1v) is 6.51. The van der Waals surface area contributed by atoms with Gasteiger partial charge in [-0.15, -0.1) is 6.58 Å². The molecule has 0 aromatic carbocycles. The van der Waals surface area contributed by atoms with Crippen LogP contribution in [0.1, 0.15) is 33.0 Å². The number of hydrogen-bond acceptors (Lipinski definition) is 4. The van der Waals surface area contributed by atoms with E-state index in [1.165, 1.54) is 0 Å². The van der Waals surface area contributed by atoms with Gasteiger partial charge in [0.2, 0.25) is 5.88 Å². The molecule has 100 valence electrons. The molecule has 0 radical (unpaired) electrons. The van der Waals surface area contributed by atoms with Crippen LogP contribution < -0.4 is 10.1 Å². The maximum absolute atomic E-state index is 5.66. The van der Waals surface area contributed by atoms with Crippen LogP contribution in [0.25, 0.3) is 0 Å². The van der Waals surface area contributed by atoms with E-state index >= 15 is 0 Å². The molecule has 1 rings (SSSR count). The number of rotatable bonds is 8. The standard InChI is InChI=1S/C14H23N3O/c1-5-7-12-16-13(15-8-6-2)9-14(17-12)18-10-11(3)4/h6,9,11H,2,5,7-8,10H2,1,3-4H3,(H,15,16,17). The Hall–Kier alpha value is -1.58. The second-order valence-electron chi connectivity index (χ2n) is 4.63. The average molecular weight is 249 g/mol. The molecule has 0 bridgehead atoms. The molecule has 0 aliphatic heterocycles. The zero-order valence-corrected chi connectivity index (χ0v) is 11.6. The third kappa shape index (κ3) is 5.17. The van der Waals surface area contributed by atoms with Crippen molar-refractivity contribution in [1.82, 2.24) is 9.97 Å². The van der Waals surface area contributed by atoms with Gasteiger partial charge in [-0.05, 0) is 12.3 Å². The van der Waals surface area contributed by atoms with Crippen molar-refractivity contribution in [2.24, 2.45) is 5.92 Å². The van der Waals surface area contributed by atoms with Gasteiger partial charge in [-0.1, -0.05) is 26.8 Å². The Morgan fingerprint density at radius 2 is 2.22 bits per heavy atom. The quantitative estimate of drug-likeness (QED) is 0.719. The van der Waals surface area contributed by atoms with Crippen LogP contribution in [0, 0.1) is 5.92 Å². The molecule has 1 aromatic heterocycles. The van der Waals surface area contributed by atoms with Crippen molar-refractivity contribution in [2.75, 3.05) is 18.5 Å². The molecule has 0 spiro atoms. The molecule has 1 aromatic rings. The summed E-state index contributed by atoms with van der Waals surface area (Å²) in [6, 6.07) is 1.84. The summed E-state index contributed by atoms with van der Waals surface area (Å²) in [6.45, 7) is 11.4. The van der Waals surface area contributed by atoms with Crippen LogP contribution in [0.15, 0.2) is 18.7 Å². The van der Waals surface area contributed by atoms with Gasteiger partial charge in [-0.25, -0.2) is 4.98 Å². The predicted octanol–water partition coefficient (Wildman–Crippen LogP) is 3.06. The summed E-state index contributed by atoms with van der Waals surface area (Å²) in [5, 5.41) is 3.17. The van der Waals surface area contributed by atoms with Gasteiger partial charge in [0.15, 0.2) is 0 Å². The lowest BCUT2D eigenvalue weighted by atomic mass is 10.2. The van der Waals surface area contributed by atoms with Gasteiger partial charge < -0.3 is 10.1 Å². The molecule has 0 aliphatic carbocycles. The van der Waals surface area contributed by atoms with Gasteiger partial charge in [0.1, 0.15) is 11.6 Å². The Kier molecular flexibility index (Phi) is 6.19. The lowest BCUT2D eigenvalue weighted by Crippen LogP contribution is -2.09. The molecule has 18 heavy (non-hydrogen) atoms. The largest absolute Gasteiger partial charge is 0.477 e. The Bertz CT molecular complexity index is 377. The van der Waals surface area contributed by atoms with Crippen molar-refractivity contribution in [2.45, 2.75) is 33.6 Å². The molecule has 4 nitrogen and oxygen atoms in total. The molecule has 0 saturated carbocycles. The maximum atomic E-state index is 5.66. The highest BCUT2D eigenvalue weighted by atomic mass is 16.5. The molecule has 0 fully saturated rings. The fraction of sp³-hybridized carbons (Fsp3) is 0.571. The van der Waals surface area contributed by atoms with E-state index in [9.17, 15) is 0 Å². The minimum atomic E-state index is 0.485. The third-order valence-corrected chi connectivity index (χ3v) is 2.21. The molecular formula is C14H23N3O. The summed E-state index contributed by atoms with van der Waals surface area (Å²) in [7, 11) is 0. The topological polar surface area (TPSA) is 47.0 Å². The molecule has 0 amide bonds. The summed E-state index contributed by atoms with van der Waals surface area (Å²) in [5.74, 6) is 2.75. The van der Waals surface area contributed by atoms with Crippen molar-refractivity contribution < 1.29 is 4.74 Å². The number of aromatic nitrogens is 2. The minimum Gasteiger partial charge on any atom is -0.477 e. The SMILES string of the molecule is C=CCNc1cc(OCC(C)C)nc(CCC)n1. The molecule has 1 N–H and O–H groups in total. The van der Waals surface area contributed by atoms with E-state index < -0.39 is 0 Å². The minimum absolute atomic E-state index is 0.485. The van der Waals surface area contributed by atoms with E-state index in [4.69, 9.17) is 4.74 Å². The Morgan fingerprint density at radius 1 is 1.44 bits per heavy atom. The number of hydrogen-bond donors (Lipinski definition) is 1. The number of nitrogens with one attached hydrogen (secondary N) is 1. The third-order valence-electron chi connectivity index (χ3n) is 2.21. The summed E-state index contributed by atoms with van der Waals surface area (Å²) in [5.41, 5.74) is 0. The van der Waals surface area contributed by atoms with Gasteiger partial charge in [-0.3, -0.25) is 0 Å². The maximum Gasteiger partial charge on any atom is 0.218 e. The van der Waals surface area contributed by atoms with Crippen LogP contribution in [0.5, 0.6) is 5.88 Å². The van der Waals surface area contributed by atoms with Crippen molar-refractivity contribution >= 4 is 5.82 Å². The van der Waals surface area contributed by atoms with Crippen LogP contribution >= 0.6 is 0 Å². The van der Waals surface area contributed by atoms with Gasteiger partial charge in [0, 0.05) is 19.0 Å². The summed E-state index contributed by atoms with van der Waals surface area (Å²) in [6.07, 6.45) is 3.69. The summed E-state index contributed by atoms with van der Waals surface area (Å²) >= 11 is 0. The number of ether oxygens (including phenoxy) is 1. The van der Waals surface area contributed by atoms with E-state index in [2.05, 4.69) is 42.6 Å². The fourth-order valence-electron chi connectivity index (χ4n) is 1.40. The zero-order valence-electron chi connectivity index (χ0n) is 11.6.